The van der Waals surface area contributed by atoms with E-state index in [1.54, 1.807) is 11.0 Å². The number of halogens is 1. The first-order chi connectivity index (χ1) is 9.20. The minimum absolute atomic E-state index is 0.00748. The van der Waals surface area contributed by atoms with Gasteiger partial charge in [0.05, 0.1) is 6.61 Å². The first kappa shape index (κ1) is 14.5. The number of aliphatic hydroxyl groups is 1. The molecule has 1 heterocycles. The summed E-state index contributed by atoms with van der Waals surface area (Å²) in [6.45, 7) is 2.05. The van der Waals surface area contributed by atoms with E-state index in [0.29, 0.717) is 24.7 Å². The van der Waals surface area contributed by atoms with Crippen molar-refractivity contribution in [3.63, 3.8) is 0 Å². The number of benzene rings is 1. The number of aliphatic hydroxyl groups excluding tert-OH is 1. The molecule has 1 amide bonds. The fraction of sp³-hybridized carbons (Fsp3) is 0.500. The van der Waals surface area contributed by atoms with E-state index >= 15 is 0 Å². The molecule has 1 atom stereocenters. The molecule has 1 aliphatic rings. The first-order valence-electron chi connectivity index (χ1n) is 6.60. The molecule has 0 aromatic heterocycles. The first-order valence-corrected chi connectivity index (χ1v) is 7.39. The molecule has 2 rings (SSSR count). The molecule has 0 bridgehead atoms. The van der Waals surface area contributed by atoms with Gasteiger partial charge in [0.25, 0.3) is 5.91 Å². The minimum Gasteiger partial charge on any atom is -0.395 e. The third kappa shape index (κ3) is 4.03. The summed E-state index contributed by atoms with van der Waals surface area (Å²) in [7, 11) is 0. The predicted octanol–water partition coefficient (Wildman–Crippen LogP) is 1.64. The van der Waals surface area contributed by atoms with Gasteiger partial charge in [-0.25, -0.2) is 0 Å². The molecule has 1 aromatic carbocycles. The monoisotopic (exact) mass is 326 g/mol. The SMILES string of the molecule is O=C(c1cccc(Br)c1)N(CCO)CC1CCCN1. The Kier molecular flexibility index (Phi) is 5.36. The van der Waals surface area contributed by atoms with Gasteiger partial charge in [0.15, 0.2) is 0 Å². The highest BCUT2D eigenvalue weighted by molar-refractivity contribution is 9.10. The van der Waals surface area contributed by atoms with Crippen LogP contribution in [-0.2, 0) is 0 Å². The lowest BCUT2D eigenvalue weighted by atomic mass is 10.1. The third-order valence-corrected chi connectivity index (χ3v) is 3.83. The molecule has 0 saturated carbocycles. The maximum atomic E-state index is 12.4. The average molecular weight is 327 g/mol. The van der Waals surface area contributed by atoms with E-state index in [1.165, 1.54) is 0 Å². The zero-order chi connectivity index (χ0) is 13.7. The summed E-state index contributed by atoms with van der Waals surface area (Å²) in [5, 5.41) is 12.5. The highest BCUT2D eigenvalue weighted by Crippen LogP contribution is 2.15. The summed E-state index contributed by atoms with van der Waals surface area (Å²) in [5.41, 5.74) is 0.654. The normalized spacial score (nSPS) is 18.5. The van der Waals surface area contributed by atoms with Crippen molar-refractivity contribution in [2.45, 2.75) is 18.9 Å². The van der Waals surface area contributed by atoms with E-state index < -0.39 is 0 Å². The van der Waals surface area contributed by atoms with Crippen LogP contribution < -0.4 is 5.32 Å². The van der Waals surface area contributed by atoms with Gasteiger partial charge in [-0.3, -0.25) is 4.79 Å². The Bertz CT molecular complexity index is 433. The summed E-state index contributed by atoms with van der Waals surface area (Å²) < 4.78 is 0.890. The quantitative estimate of drug-likeness (QED) is 0.864. The van der Waals surface area contributed by atoms with E-state index in [1.807, 2.05) is 18.2 Å². The molecule has 0 radical (unpaired) electrons. The van der Waals surface area contributed by atoms with Crippen LogP contribution in [0.2, 0.25) is 0 Å². The van der Waals surface area contributed by atoms with Crippen LogP contribution in [0.25, 0.3) is 0 Å². The Labute approximate surface area is 121 Å². The van der Waals surface area contributed by atoms with Crippen molar-refractivity contribution < 1.29 is 9.90 Å². The van der Waals surface area contributed by atoms with E-state index in [4.69, 9.17) is 5.11 Å². The molecule has 2 N–H and O–H groups in total. The van der Waals surface area contributed by atoms with E-state index in [9.17, 15) is 4.79 Å². The largest absolute Gasteiger partial charge is 0.395 e. The maximum Gasteiger partial charge on any atom is 0.254 e. The number of carbonyl (C=O) groups excluding carboxylic acids is 1. The van der Waals surface area contributed by atoms with Gasteiger partial charge in [-0.2, -0.15) is 0 Å². The van der Waals surface area contributed by atoms with Crippen molar-refractivity contribution in [1.29, 1.82) is 0 Å². The molecule has 1 aliphatic heterocycles. The fourth-order valence-electron chi connectivity index (χ4n) is 2.38. The standard InChI is InChI=1S/C14H19BrN2O2/c15-12-4-1-3-11(9-12)14(19)17(7-8-18)10-13-5-2-6-16-13/h1,3-4,9,13,16,18H,2,5-8,10H2. The van der Waals surface area contributed by atoms with Crippen molar-refractivity contribution in [3.05, 3.63) is 34.3 Å². The Morgan fingerprint density at radius 2 is 2.37 bits per heavy atom. The van der Waals surface area contributed by atoms with Gasteiger partial charge in [-0.05, 0) is 37.6 Å². The van der Waals surface area contributed by atoms with Crippen LogP contribution >= 0.6 is 15.9 Å². The molecule has 1 fully saturated rings. The number of amides is 1. The van der Waals surface area contributed by atoms with Gasteiger partial charge >= 0.3 is 0 Å². The van der Waals surface area contributed by atoms with Gasteiger partial charge in [0.2, 0.25) is 0 Å². The van der Waals surface area contributed by atoms with E-state index in [0.717, 1.165) is 23.9 Å². The number of hydrogen-bond donors (Lipinski definition) is 2. The molecule has 0 aliphatic carbocycles. The average Bonchev–Trinajstić information content (AvgIpc) is 2.90. The van der Waals surface area contributed by atoms with Crippen molar-refractivity contribution in [2.75, 3.05) is 26.2 Å². The highest BCUT2D eigenvalue weighted by Gasteiger charge is 2.22. The Morgan fingerprint density at radius 1 is 1.53 bits per heavy atom. The molecule has 5 heteroatoms. The molecule has 19 heavy (non-hydrogen) atoms. The van der Waals surface area contributed by atoms with Crippen LogP contribution in [0.15, 0.2) is 28.7 Å². The van der Waals surface area contributed by atoms with Crippen LogP contribution in [-0.4, -0.2) is 48.2 Å². The Hall–Kier alpha value is -0.910. The van der Waals surface area contributed by atoms with Crippen LogP contribution in [0.5, 0.6) is 0 Å². The highest BCUT2D eigenvalue weighted by atomic mass is 79.9. The Balaban J connectivity index is 2.06. The predicted molar refractivity (Wildman–Crippen MR) is 78.2 cm³/mol. The lowest BCUT2D eigenvalue weighted by Gasteiger charge is -2.25. The van der Waals surface area contributed by atoms with Gasteiger partial charge in [0.1, 0.15) is 0 Å². The summed E-state index contributed by atoms with van der Waals surface area (Å²) >= 11 is 3.37. The molecular weight excluding hydrogens is 308 g/mol. The van der Waals surface area contributed by atoms with Crippen molar-refractivity contribution in [2.24, 2.45) is 0 Å². The number of rotatable bonds is 5. The van der Waals surface area contributed by atoms with Crippen LogP contribution in [0.3, 0.4) is 0 Å². The smallest absolute Gasteiger partial charge is 0.254 e. The van der Waals surface area contributed by atoms with Crippen LogP contribution in [0, 0.1) is 0 Å². The molecule has 104 valence electrons. The summed E-state index contributed by atoms with van der Waals surface area (Å²) in [6.07, 6.45) is 2.25. The lowest BCUT2D eigenvalue weighted by molar-refractivity contribution is 0.0706. The second-order valence-electron chi connectivity index (χ2n) is 4.78. The van der Waals surface area contributed by atoms with Crippen LogP contribution in [0.4, 0.5) is 0 Å². The molecular formula is C14H19BrN2O2. The van der Waals surface area contributed by atoms with Crippen molar-refractivity contribution in [1.82, 2.24) is 10.2 Å². The van der Waals surface area contributed by atoms with Crippen molar-refractivity contribution in [3.8, 4) is 0 Å². The number of hydrogen-bond acceptors (Lipinski definition) is 3. The second kappa shape index (κ2) is 7.03. The van der Waals surface area contributed by atoms with Crippen LogP contribution in [0.1, 0.15) is 23.2 Å². The van der Waals surface area contributed by atoms with E-state index in [2.05, 4.69) is 21.2 Å². The minimum atomic E-state index is -0.0240. The van der Waals surface area contributed by atoms with E-state index in [-0.39, 0.29) is 12.5 Å². The summed E-state index contributed by atoms with van der Waals surface area (Å²) in [5.74, 6) is -0.0240. The molecule has 1 unspecified atom stereocenters. The van der Waals surface area contributed by atoms with Gasteiger partial charge in [-0.15, -0.1) is 0 Å². The summed E-state index contributed by atoms with van der Waals surface area (Å²) in [4.78, 5) is 14.2. The third-order valence-electron chi connectivity index (χ3n) is 3.33. The number of nitrogens with one attached hydrogen (secondary N) is 1. The number of carbonyl (C=O) groups is 1. The maximum absolute atomic E-state index is 12.4. The zero-order valence-electron chi connectivity index (χ0n) is 10.8. The fourth-order valence-corrected chi connectivity index (χ4v) is 2.78. The second-order valence-corrected chi connectivity index (χ2v) is 5.69. The van der Waals surface area contributed by atoms with Gasteiger partial charge in [-0.1, -0.05) is 22.0 Å². The Morgan fingerprint density at radius 3 is 3.00 bits per heavy atom. The lowest BCUT2D eigenvalue weighted by Crippen LogP contribution is -2.42. The summed E-state index contributed by atoms with van der Waals surface area (Å²) in [6, 6.07) is 7.71. The molecule has 1 aromatic rings. The van der Waals surface area contributed by atoms with Gasteiger partial charge in [0, 0.05) is 29.2 Å². The zero-order valence-corrected chi connectivity index (χ0v) is 12.4. The van der Waals surface area contributed by atoms with Crippen molar-refractivity contribution >= 4 is 21.8 Å². The molecule has 1 saturated heterocycles. The molecule has 0 spiro atoms. The van der Waals surface area contributed by atoms with Gasteiger partial charge < -0.3 is 15.3 Å². The molecule has 4 nitrogen and oxygen atoms in total. The number of nitrogens with zero attached hydrogens (tertiary/aromatic N) is 1. The topological polar surface area (TPSA) is 52.6 Å².